The maximum absolute atomic E-state index is 12.4. The molecule has 0 unspecified atom stereocenters. The Bertz CT molecular complexity index is 1020. The summed E-state index contributed by atoms with van der Waals surface area (Å²) in [6.45, 7) is 2.04. The van der Waals surface area contributed by atoms with Gasteiger partial charge in [-0.3, -0.25) is 14.3 Å². The molecule has 0 bridgehead atoms. The van der Waals surface area contributed by atoms with Gasteiger partial charge in [-0.15, -0.1) is 0 Å². The molecule has 9 heteroatoms. The molecule has 2 aromatic heterocycles. The molecule has 1 amide bonds. The van der Waals surface area contributed by atoms with Gasteiger partial charge in [0.15, 0.2) is 4.80 Å². The third-order valence-electron chi connectivity index (χ3n) is 3.47. The number of benzene rings is 1. The molecule has 7 nitrogen and oxygen atoms in total. The molecule has 0 N–H and O–H groups in total. The lowest BCUT2D eigenvalue weighted by atomic mass is 10.3. The number of hydrogen-bond donors (Lipinski definition) is 0. The molecular weight excluding hydrogens is 408 g/mol. The number of carbonyl (C=O) groups excluding carboxylic acids is 2. The quantitative estimate of drug-likeness (QED) is 0.605. The Morgan fingerprint density at radius 3 is 2.84 bits per heavy atom. The van der Waals surface area contributed by atoms with Gasteiger partial charge in [0.25, 0.3) is 5.91 Å². The van der Waals surface area contributed by atoms with Gasteiger partial charge in [-0.05, 0) is 31.2 Å². The molecule has 130 valence electrons. The number of rotatable bonds is 4. The van der Waals surface area contributed by atoms with Gasteiger partial charge in [0.05, 0.1) is 16.8 Å². The molecule has 0 aliphatic carbocycles. The predicted molar refractivity (Wildman–Crippen MR) is 97.2 cm³/mol. The van der Waals surface area contributed by atoms with E-state index in [1.807, 2.05) is 18.2 Å². The van der Waals surface area contributed by atoms with Gasteiger partial charge in [-0.1, -0.05) is 27.3 Å². The first-order valence-electron chi connectivity index (χ1n) is 7.51. The Morgan fingerprint density at radius 1 is 1.36 bits per heavy atom. The van der Waals surface area contributed by atoms with Crippen LogP contribution in [0.5, 0.6) is 0 Å². The molecule has 3 rings (SSSR count). The van der Waals surface area contributed by atoms with E-state index in [1.165, 1.54) is 22.2 Å². The molecule has 0 radical (unpaired) electrons. The van der Waals surface area contributed by atoms with E-state index in [4.69, 9.17) is 4.74 Å². The van der Waals surface area contributed by atoms with Crippen LogP contribution in [-0.4, -0.2) is 32.8 Å². The number of carbonyl (C=O) groups is 2. The van der Waals surface area contributed by atoms with E-state index in [2.05, 4.69) is 26.0 Å². The molecule has 0 fully saturated rings. The average molecular weight is 423 g/mol. The van der Waals surface area contributed by atoms with Crippen LogP contribution in [0.3, 0.4) is 0 Å². The standard InChI is InChI=1S/C16H15BrN4O3S/c1-3-24-14(22)9-21-11-5-4-10(17)8-13(11)25-16(21)19-15(23)12-6-7-18-20(12)2/h4-8H,3,9H2,1-2H3. The first-order chi connectivity index (χ1) is 12.0. The van der Waals surface area contributed by atoms with Gasteiger partial charge < -0.3 is 9.30 Å². The number of ether oxygens (including phenoxy) is 1. The summed E-state index contributed by atoms with van der Waals surface area (Å²) in [6, 6.07) is 7.28. The third-order valence-corrected chi connectivity index (χ3v) is 5.01. The van der Waals surface area contributed by atoms with Gasteiger partial charge in [-0.25, -0.2) is 0 Å². The highest BCUT2D eigenvalue weighted by Gasteiger charge is 2.14. The van der Waals surface area contributed by atoms with Crippen molar-refractivity contribution in [3.8, 4) is 0 Å². The third kappa shape index (κ3) is 3.72. The summed E-state index contributed by atoms with van der Waals surface area (Å²) in [6.07, 6.45) is 1.54. The number of amides is 1. The Balaban J connectivity index is 2.12. The van der Waals surface area contributed by atoms with Crippen LogP contribution >= 0.6 is 27.3 Å². The lowest BCUT2D eigenvalue weighted by molar-refractivity contribution is -0.143. The minimum absolute atomic E-state index is 0.00697. The molecule has 3 aromatic rings. The molecule has 0 aliphatic heterocycles. The fourth-order valence-electron chi connectivity index (χ4n) is 2.35. The van der Waals surface area contributed by atoms with Crippen LogP contribution in [0.15, 0.2) is 39.9 Å². The summed E-state index contributed by atoms with van der Waals surface area (Å²) in [5.74, 6) is -0.789. The maximum atomic E-state index is 12.4. The van der Waals surface area contributed by atoms with Gasteiger partial charge in [0.1, 0.15) is 12.2 Å². The number of hydrogen-bond acceptors (Lipinski definition) is 5. The van der Waals surface area contributed by atoms with Crippen molar-refractivity contribution in [2.75, 3.05) is 6.61 Å². The molecule has 0 spiro atoms. The minimum Gasteiger partial charge on any atom is -0.465 e. The Labute approximate surface area is 155 Å². The summed E-state index contributed by atoms with van der Waals surface area (Å²) in [4.78, 5) is 29.0. The number of nitrogens with zero attached hydrogens (tertiary/aromatic N) is 4. The predicted octanol–water partition coefficient (Wildman–Crippen LogP) is 2.50. The van der Waals surface area contributed by atoms with E-state index in [-0.39, 0.29) is 12.5 Å². The second-order valence-corrected chi connectivity index (χ2v) is 7.07. The van der Waals surface area contributed by atoms with Crippen molar-refractivity contribution in [1.82, 2.24) is 14.3 Å². The Morgan fingerprint density at radius 2 is 2.16 bits per heavy atom. The summed E-state index contributed by atoms with van der Waals surface area (Å²) >= 11 is 4.77. The van der Waals surface area contributed by atoms with Gasteiger partial charge in [-0.2, -0.15) is 10.1 Å². The first kappa shape index (κ1) is 17.6. The van der Waals surface area contributed by atoms with Crippen LogP contribution in [0.1, 0.15) is 17.4 Å². The van der Waals surface area contributed by atoms with E-state index >= 15 is 0 Å². The van der Waals surface area contributed by atoms with Gasteiger partial charge >= 0.3 is 5.97 Å². The van der Waals surface area contributed by atoms with E-state index in [0.29, 0.717) is 17.1 Å². The van der Waals surface area contributed by atoms with Crippen LogP contribution in [0.2, 0.25) is 0 Å². The second-order valence-electron chi connectivity index (χ2n) is 5.14. The highest BCUT2D eigenvalue weighted by molar-refractivity contribution is 9.10. The van der Waals surface area contributed by atoms with Crippen molar-refractivity contribution in [3.05, 3.63) is 45.4 Å². The molecule has 2 heterocycles. The smallest absolute Gasteiger partial charge is 0.326 e. The van der Waals surface area contributed by atoms with Gasteiger partial charge in [0, 0.05) is 17.7 Å². The fraction of sp³-hybridized carbons (Fsp3) is 0.250. The SMILES string of the molecule is CCOC(=O)Cn1c(=NC(=O)c2ccnn2C)sc2cc(Br)ccc21. The molecule has 25 heavy (non-hydrogen) atoms. The highest BCUT2D eigenvalue weighted by atomic mass is 79.9. The molecule has 1 aromatic carbocycles. The number of fused-ring (bicyclic) bond motifs is 1. The van der Waals surface area contributed by atoms with Crippen LogP contribution in [0.4, 0.5) is 0 Å². The topological polar surface area (TPSA) is 78.5 Å². The van der Waals surface area contributed by atoms with Crippen molar-refractivity contribution in [1.29, 1.82) is 0 Å². The molecular formula is C16H15BrN4O3S. The lowest BCUT2D eigenvalue weighted by Gasteiger charge is -2.05. The number of esters is 1. The Kier molecular flexibility index (Phi) is 5.14. The van der Waals surface area contributed by atoms with Crippen molar-refractivity contribution < 1.29 is 14.3 Å². The number of aromatic nitrogens is 3. The average Bonchev–Trinajstić information content (AvgIpc) is 3.11. The van der Waals surface area contributed by atoms with E-state index in [0.717, 1.165) is 14.7 Å². The van der Waals surface area contributed by atoms with Crippen molar-refractivity contribution in [2.24, 2.45) is 12.0 Å². The fourth-order valence-corrected chi connectivity index (χ4v) is 3.93. The van der Waals surface area contributed by atoms with E-state index in [1.54, 1.807) is 24.6 Å². The van der Waals surface area contributed by atoms with Crippen LogP contribution < -0.4 is 4.80 Å². The van der Waals surface area contributed by atoms with Crippen molar-refractivity contribution in [3.63, 3.8) is 0 Å². The number of halogens is 1. The van der Waals surface area contributed by atoms with E-state index in [9.17, 15) is 9.59 Å². The zero-order chi connectivity index (χ0) is 18.0. The highest BCUT2D eigenvalue weighted by Crippen LogP contribution is 2.22. The molecule has 0 atom stereocenters. The Hall–Kier alpha value is -2.26. The number of thiazole rings is 1. The summed E-state index contributed by atoms with van der Waals surface area (Å²) < 4.78 is 10.0. The largest absolute Gasteiger partial charge is 0.465 e. The zero-order valence-corrected chi connectivity index (χ0v) is 16.0. The second kappa shape index (κ2) is 7.32. The van der Waals surface area contributed by atoms with Crippen molar-refractivity contribution >= 4 is 49.4 Å². The lowest BCUT2D eigenvalue weighted by Crippen LogP contribution is -2.23. The maximum Gasteiger partial charge on any atom is 0.326 e. The monoisotopic (exact) mass is 422 g/mol. The molecule has 0 saturated heterocycles. The summed E-state index contributed by atoms with van der Waals surface area (Å²) in [7, 11) is 1.68. The molecule has 0 aliphatic rings. The molecule has 0 saturated carbocycles. The summed E-state index contributed by atoms with van der Waals surface area (Å²) in [5.41, 5.74) is 1.19. The zero-order valence-electron chi connectivity index (χ0n) is 13.6. The normalized spacial score (nSPS) is 11.9. The van der Waals surface area contributed by atoms with Crippen LogP contribution in [0.25, 0.3) is 10.2 Å². The van der Waals surface area contributed by atoms with Crippen LogP contribution in [0, 0.1) is 0 Å². The van der Waals surface area contributed by atoms with E-state index < -0.39 is 5.91 Å². The first-order valence-corrected chi connectivity index (χ1v) is 9.12. The van der Waals surface area contributed by atoms with Gasteiger partial charge in [0.2, 0.25) is 0 Å². The minimum atomic E-state index is -0.414. The van der Waals surface area contributed by atoms with Crippen molar-refractivity contribution in [2.45, 2.75) is 13.5 Å². The number of aryl methyl sites for hydroxylation is 1. The van der Waals surface area contributed by atoms with Crippen LogP contribution in [-0.2, 0) is 23.1 Å². The summed E-state index contributed by atoms with van der Waals surface area (Å²) in [5, 5.41) is 3.98.